The molecule has 2 aromatic carbocycles. The van der Waals surface area contributed by atoms with Crippen molar-refractivity contribution in [1.29, 1.82) is 0 Å². The lowest BCUT2D eigenvalue weighted by molar-refractivity contribution is -0.135. The van der Waals surface area contributed by atoms with E-state index in [2.05, 4.69) is 11.6 Å². The average molecular weight is 388 g/mol. The molecule has 0 spiro atoms. The second-order valence-electron chi connectivity index (χ2n) is 7.09. The smallest absolute Gasteiger partial charge is 0.241 e. The SMILES string of the molecule is CC1CCN(C(=O)C(CC=O)NS(=O)(=O)c2ccc3ccccc3c2)CC1. The number of amides is 1. The number of sulfonamides is 1. The number of carbonyl (C=O) groups is 2. The number of piperidine rings is 1. The first-order chi connectivity index (χ1) is 12.9. The van der Waals surface area contributed by atoms with E-state index in [9.17, 15) is 18.0 Å². The first-order valence-electron chi connectivity index (χ1n) is 9.14. The summed E-state index contributed by atoms with van der Waals surface area (Å²) in [7, 11) is -3.92. The zero-order valence-electron chi connectivity index (χ0n) is 15.3. The van der Waals surface area contributed by atoms with E-state index in [1.807, 2.05) is 24.3 Å². The molecule has 3 rings (SSSR count). The molecule has 7 heteroatoms. The van der Waals surface area contributed by atoms with Crippen molar-refractivity contribution < 1.29 is 18.0 Å². The molecule has 1 fully saturated rings. The quantitative estimate of drug-likeness (QED) is 0.770. The summed E-state index contributed by atoms with van der Waals surface area (Å²) in [4.78, 5) is 25.5. The van der Waals surface area contributed by atoms with Crippen molar-refractivity contribution in [2.45, 2.75) is 37.1 Å². The van der Waals surface area contributed by atoms with Crippen LogP contribution in [0.3, 0.4) is 0 Å². The molecule has 0 aliphatic carbocycles. The second-order valence-corrected chi connectivity index (χ2v) is 8.81. The third-order valence-corrected chi connectivity index (χ3v) is 6.52. The third-order valence-electron chi connectivity index (χ3n) is 5.05. The largest absolute Gasteiger partial charge is 0.341 e. The highest BCUT2D eigenvalue weighted by Crippen LogP contribution is 2.20. The van der Waals surface area contributed by atoms with Crippen LogP contribution in [0.25, 0.3) is 10.8 Å². The Morgan fingerprint density at radius 3 is 2.52 bits per heavy atom. The van der Waals surface area contributed by atoms with Gasteiger partial charge in [-0.2, -0.15) is 4.72 Å². The molecule has 2 aromatic rings. The van der Waals surface area contributed by atoms with Gasteiger partial charge in [-0.1, -0.05) is 37.3 Å². The molecule has 1 aliphatic rings. The Hall–Kier alpha value is -2.25. The predicted octanol–water partition coefficient (Wildman–Crippen LogP) is 2.33. The van der Waals surface area contributed by atoms with E-state index in [-0.39, 0.29) is 17.2 Å². The van der Waals surface area contributed by atoms with E-state index in [4.69, 9.17) is 0 Å². The lowest BCUT2D eigenvalue weighted by atomic mass is 9.98. The molecule has 1 heterocycles. The molecule has 6 nitrogen and oxygen atoms in total. The van der Waals surface area contributed by atoms with Gasteiger partial charge in [0.15, 0.2) is 0 Å². The van der Waals surface area contributed by atoms with E-state index in [1.54, 1.807) is 17.0 Å². The van der Waals surface area contributed by atoms with Gasteiger partial charge in [-0.15, -0.1) is 0 Å². The van der Waals surface area contributed by atoms with Crippen LogP contribution in [0, 0.1) is 5.92 Å². The molecule has 0 radical (unpaired) electrons. The van der Waals surface area contributed by atoms with Crippen LogP contribution < -0.4 is 4.72 Å². The van der Waals surface area contributed by atoms with E-state index >= 15 is 0 Å². The topological polar surface area (TPSA) is 83.6 Å². The molecule has 1 N–H and O–H groups in total. The standard InChI is InChI=1S/C20H24N2O4S/c1-15-8-11-22(12-9-15)20(24)19(10-13-23)21-27(25,26)18-7-6-16-4-2-3-5-17(16)14-18/h2-7,13-15,19,21H,8-12H2,1H3. The highest BCUT2D eigenvalue weighted by Gasteiger charge is 2.30. The molecular formula is C20H24N2O4S. The molecule has 144 valence electrons. The van der Waals surface area contributed by atoms with Gasteiger partial charge in [-0.25, -0.2) is 8.42 Å². The molecule has 27 heavy (non-hydrogen) atoms. The number of nitrogens with zero attached hydrogens (tertiary/aromatic N) is 1. The van der Waals surface area contributed by atoms with Gasteiger partial charge < -0.3 is 9.69 Å². The van der Waals surface area contributed by atoms with E-state index in [0.29, 0.717) is 25.3 Å². The van der Waals surface area contributed by atoms with Crippen molar-refractivity contribution in [3.05, 3.63) is 42.5 Å². The summed E-state index contributed by atoms with van der Waals surface area (Å²) in [6.45, 7) is 3.31. The Bertz CT molecular complexity index is 934. The van der Waals surface area contributed by atoms with Gasteiger partial charge in [-0.3, -0.25) is 4.79 Å². The zero-order chi connectivity index (χ0) is 19.4. The van der Waals surface area contributed by atoms with Gasteiger partial charge in [-0.05, 0) is 41.7 Å². The third kappa shape index (κ3) is 4.54. The Morgan fingerprint density at radius 2 is 1.85 bits per heavy atom. The molecule has 0 bridgehead atoms. The molecule has 1 atom stereocenters. The van der Waals surface area contributed by atoms with Gasteiger partial charge in [0.05, 0.1) is 4.90 Å². The van der Waals surface area contributed by atoms with Gasteiger partial charge in [0.2, 0.25) is 15.9 Å². The maximum atomic E-state index is 12.8. The van der Waals surface area contributed by atoms with Crippen LogP contribution in [0.2, 0.25) is 0 Å². The average Bonchev–Trinajstić information content (AvgIpc) is 2.67. The fourth-order valence-electron chi connectivity index (χ4n) is 3.33. The first-order valence-corrected chi connectivity index (χ1v) is 10.6. The number of aldehydes is 1. The van der Waals surface area contributed by atoms with Crippen molar-refractivity contribution >= 4 is 33.0 Å². The maximum Gasteiger partial charge on any atom is 0.241 e. The van der Waals surface area contributed by atoms with Crippen LogP contribution in [0.5, 0.6) is 0 Å². The second kappa shape index (κ2) is 8.19. The fraction of sp³-hybridized carbons (Fsp3) is 0.400. The monoisotopic (exact) mass is 388 g/mol. The lowest BCUT2D eigenvalue weighted by Crippen LogP contribution is -2.50. The Balaban J connectivity index is 1.81. The number of rotatable bonds is 6. The summed E-state index contributed by atoms with van der Waals surface area (Å²) in [5.41, 5.74) is 0. The molecule has 1 aliphatic heterocycles. The zero-order valence-corrected chi connectivity index (χ0v) is 16.1. The van der Waals surface area contributed by atoms with E-state index in [1.165, 1.54) is 6.07 Å². The summed E-state index contributed by atoms with van der Waals surface area (Å²) in [6.07, 6.45) is 2.17. The molecule has 0 aromatic heterocycles. The number of fused-ring (bicyclic) bond motifs is 1. The number of likely N-dealkylation sites (tertiary alicyclic amines) is 1. The summed E-state index contributed by atoms with van der Waals surface area (Å²) in [5.74, 6) is 0.214. The highest BCUT2D eigenvalue weighted by atomic mass is 32.2. The van der Waals surface area contributed by atoms with Crippen LogP contribution in [-0.4, -0.2) is 44.6 Å². The van der Waals surface area contributed by atoms with Gasteiger partial charge >= 0.3 is 0 Å². The van der Waals surface area contributed by atoms with Crippen molar-refractivity contribution in [3.8, 4) is 0 Å². The Morgan fingerprint density at radius 1 is 1.19 bits per heavy atom. The number of nitrogens with one attached hydrogen (secondary N) is 1. The van der Waals surface area contributed by atoms with Crippen LogP contribution in [-0.2, 0) is 19.6 Å². The first kappa shape index (κ1) is 19.5. The Labute approximate surface area is 159 Å². The van der Waals surface area contributed by atoms with Crippen molar-refractivity contribution in [2.75, 3.05) is 13.1 Å². The summed E-state index contributed by atoms with van der Waals surface area (Å²) < 4.78 is 28.0. The van der Waals surface area contributed by atoms with Crippen LogP contribution in [0.1, 0.15) is 26.2 Å². The summed E-state index contributed by atoms with van der Waals surface area (Å²) >= 11 is 0. The van der Waals surface area contributed by atoms with Crippen molar-refractivity contribution in [2.24, 2.45) is 5.92 Å². The normalized spacial score (nSPS) is 17.0. The van der Waals surface area contributed by atoms with Crippen molar-refractivity contribution in [3.63, 3.8) is 0 Å². The minimum absolute atomic E-state index is 0.0807. The lowest BCUT2D eigenvalue weighted by Gasteiger charge is -2.32. The van der Waals surface area contributed by atoms with Gasteiger partial charge in [0.25, 0.3) is 0 Å². The molecule has 1 amide bonds. The minimum Gasteiger partial charge on any atom is -0.341 e. The van der Waals surface area contributed by atoms with E-state index < -0.39 is 16.1 Å². The molecular weight excluding hydrogens is 364 g/mol. The number of hydrogen-bond acceptors (Lipinski definition) is 4. The van der Waals surface area contributed by atoms with Gasteiger partial charge in [0.1, 0.15) is 12.3 Å². The highest BCUT2D eigenvalue weighted by molar-refractivity contribution is 7.89. The van der Waals surface area contributed by atoms with Crippen molar-refractivity contribution in [1.82, 2.24) is 9.62 Å². The van der Waals surface area contributed by atoms with Crippen LogP contribution in [0.15, 0.2) is 47.4 Å². The summed E-state index contributed by atoms with van der Waals surface area (Å²) in [5, 5.41) is 1.73. The number of hydrogen-bond donors (Lipinski definition) is 1. The summed E-state index contributed by atoms with van der Waals surface area (Å²) in [6, 6.07) is 11.2. The molecule has 0 saturated carbocycles. The molecule has 1 unspecified atom stereocenters. The van der Waals surface area contributed by atoms with E-state index in [0.717, 1.165) is 23.6 Å². The number of benzene rings is 2. The van der Waals surface area contributed by atoms with Crippen LogP contribution >= 0.6 is 0 Å². The van der Waals surface area contributed by atoms with Gasteiger partial charge in [0, 0.05) is 19.5 Å². The predicted molar refractivity (Wildman–Crippen MR) is 104 cm³/mol. The fourth-order valence-corrected chi connectivity index (χ4v) is 4.57. The Kier molecular flexibility index (Phi) is 5.92. The maximum absolute atomic E-state index is 12.8. The minimum atomic E-state index is -3.92. The molecule has 1 saturated heterocycles. The van der Waals surface area contributed by atoms with Crippen LogP contribution in [0.4, 0.5) is 0 Å². The number of carbonyl (C=O) groups excluding carboxylic acids is 2.